The molecule has 2 aliphatic heterocycles. The molecule has 2 saturated heterocycles. The number of hydrogen-bond donors (Lipinski definition) is 1. The molecule has 3 nitrogen and oxygen atoms in total. The lowest BCUT2D eigenvalue weighted by molar-refractivity contribution is -0.235. The van der Waals surface area contributed by atoms with E-state index >= 15 is 0 Å². The van der Waals surface area contributed by atoms with E-state index in [0.29, 0.717) is 11.1 Å². The molecular formula is C29H46N2O. The highest BCUT2D eigenvalue weighted by molar-refractivity contribution is 5.17. The second-order valence-corrected chi connectivity index (χ2v) is 15.7. The van der Waals surface area contributed by atoms with Crippen molar-refractivity contribution >= 4 is 0 Å². The van der Waals surface area contributed by atoms with E-state index in [-0.39, 0.29) is 16.9 Å². The average molecular weight is 439 g/mol. The van der Waals surface area contributed by atoms with Crippen LogP contribution in [0.2, 0.25) is 0 Å². The third kappa shape index (κ3) is 2.60. The van der Waals surface area contributed by atoms with E-state index in [0.717, 1.165) is 61.7 Å². The first-order chi connectivity index (χ1) is 15.2. The minimum atomic E-state index is -0.134. The molecule has 8 aliphatic carbocycles. The Bertz CT molecular complexity index is 669. The number of aliphatic hydroxyl groups is 1. The SMILES string of the molecule is CC12CN(C34CC5CC(CC(C5)C3)C4)CC(C)(CN(C34CC5CC(CC(C5)C3)C4)C1)C2O. The number of fused-ring (bicyclic) bond motifs is 2. The molecule has 8 saturated carbocycles. The van der Waals surface area contributed by atoms with Crippen molar-refractivity contribution in [2.24, 2.45) is 46.3 Å². The van der Waals surface area contributed by atoms with Crippen LogP contribution >= 0.6 is 0 Å². The predicted molar refractivity (Wildman–Crippen MR) is 127 cm³/mol. The van der Waals surface area contributed by atoms with Crippen LogP contribution in [-0.4, -0.2) is 58.3 Å². The Balaban J connectivity index is 1.11. The summed E-state index contributed by atoms with van der Waals surface area (Å²) in [5.74, 6) is 6.07. The van der Waals surface area contributed by atoms with Crippen LogP contribution < -0.4 is 0 Å². The Morgan fingerprint density at radius 2 is 0.750 bits per heavy atom. The Morgan fingerprint density at radius 1 is 0.500 bits per heavy atom. The fourth-order valence-corrected chi connectivity index (χ4v) is 12.7. The Labute approximate surface area is 195 Å². The van der Waals surface area contributed by atoms with Crippen LogP contribution in [0.3, 0.4) is 0 Å². The number of hydrogen-bond acceptors (Lipinski definition) is 3. The fourth-order valence-electron chi connectivity index (χ4n) is 12.7. The van der Waals surface area contributed by atoms with Gasteiger partial charge in [0.15, 0.2) is 0 Å². The van der Waals surface area contributed by atoms with E-state index in [1.54, 1.807) is 0 Å². The molecule has 10 rings (SSSR count). The highest BCUT2D eigenvalue weighted by atomic mass is 16.3. The number of rotatable bonds is 2. The lowest BCUT2D eigenvalue weighted by atomic mass is 9.50. The molecule has 0 spiro atoms. The van der Waals surface area contributed by atoms with Gasteiger partial charge >= 0.3 is 0 Å². The van der Waals surface area contributed by atoms with Gasteiger partial charge in [0.1, 0.15) is 0 Å². The summed E-state index contributed by atoms with van der Waals surface area (Å²) >= 11 is 0. The van der Waals surface area contributed by atoms with Crippen molar-refractivity contribution in [2.45, 2.75) is 108 Å². The summed E-state index contributed by atoms with van der Waals surface area (Å²) in [6, 6.07) is 0. The summed E-state index contributed by atoms with van der Waals surface area (Å²) in [6.07, 6.45) is 17.9. The third-order valence-corrected chi connectivity index (χ3v) is 12.9. The standard InChI is InChI=1S/C29H46N2O/c1-26-15-30(28-9-19-3-20(10-28)5-21(4-19)11-28)17-27(2,25(26)32)18-31(16-26)29-12-22-6-23(13-29)8-24(7-22)14-29/h19-25,32H,3-18H2,1-2H3. The van der Waals surface area contributed by atoms with Crippen LogP contribution in [0.25, 0.3) is 0 Å². The van der Waals surface area contributed by atoms with E-state index in [1.807, 2.05) is 0 Å². The van der Waals surface area contributed by atoms with Crippen molar-refractivity contribution in [2.75, 3.05) is 26.2 Å². The molecule has 0 amide bonds. The van der Waals surface area contributed by atoms with E-state index < -0.39 is 0 Å². The van der Waals surface area contributed by atoms with Gasteiger partial charge in [0.05, 0.1) is 6.10 Å². The number of nitrogens with zero attached hydrogens (tertiary/aromatic N) is 2. The molecule has 0 radical (unpaired) electrons. The summed E-state index contributed by atoms with van der Waals surface area (Å²) in [7, 11) is 0. The number of piperidine rings is 2. The van der Waals surface area contributed by atoms with Crippen LogP contribution in [0.15, 0.2) is 0 Å². The molecule has 0 aromatic rings. The Hall–Kier alpha value is -0.120. The van der Waals surface area contributed by atoms with Gasteiger partial charge in [-0.05, 0) is 113 Å². The highest BCUT2D eigenvalue weighted by Crippen LogP contribution is 2.63. The van der Waals surface area contributed by atoms with Crippen LogP contribution in [0.5, 0.6) is 0 Å². The molecule has 3 heteroatoms. The van der Waals surface area contributed by atoms with Gasteiger partial charge < -0.3 is 5.11 Å². The minimum absolute atomic E-state index is 0.0396. The zero-order chi connectivity index (χ0) is 21.5. The van der Waals surface area contributed by atoms with Gasteiger partial charge in [-0.15, -0.1) is 0 Å². The van der Waals surface area contributed by atoms with Crippen molar-refractivity contribution < 1.29 is 5.11 Å². The molecule has 0 aromatic heterocycles. The summed E-state index contributed by atoms with van der Waals surface area (Å²) in [5, 5.41) is 11.8. The smallest absolute Gasteiger partial charge is 0.0696 e. The van der Waals surface area contributed by atoms with Gasteiger partial charge in [-0.25, -0.2) is 0 Å². The maximum Gasteiger partial charge on any atom is 0.0696 e. The topological polar surface area (TPSA) is 26.7 Å². The zero-order valence-electron chi connectivity index (χ0n) is 20.7. The maximum atomic E-state index is 11.8. The van der Waals surface area contributed by atoms with Crippen molar-refractivity contribution in [3.63, 3.8) is 0 Å². The molecule has 0 atom stereocenters. The lowest BCUT2D eigenvalue weighted by Gasteiger charge is -2.70. The molecule has 10 bridgehead atoms. The fraction of sp³-hybridized carbons (Fsp3) is 1.00. The maximum absolute atomic E-state index is 11.8. The first-order valence-corrected chi connectivity index (χ1v) is 14.4. The first-order valence-electron chi connectivity index (χ1n) is 14.4. The summed E-state index contributed by atoms with van der Waals surface area (Å²) in [6.45, 7) is 9.57. The molecule has 32 heavy (non-hydrogen) atoms. The molecule has 10 aliphatic rings. The summed E-state index contributed by atoms with van der Waals surface area (Å²) in [5.41, 5.74) is 1.05. The third-order valence-electron chi connectivity index (χ3n) is 12.9. The van der Waals surface area contributed by atoms with Crippen LogP contribution in [0.1, 0.15) is 90.9 Å². The van der Waals surface area contributed by atoms with Crippen LogP contribution in [-0.2, 0) is 0 Å². The molecule has 0 unspecified atom stereocenters. The number of likely N-dealkylation sites (tertiary alicyclic amines) is 2. The second kappa shape index (κ2) is 6.16. The van der Waals surface area contributed by atoms with Gasteiger partial charge in [-0.3, -0.25) is 9.80 Å². The molecule has 2 heterocycles. The number of aliphatic hydroxyl groups excluding tert-OH is 1. The second-order valence-electron chi connectivity index (χ2n) is 15.7. The van der Waals surface area contributed by atoms with Gasteiger partial charge in [-0.1, -0.05) is 13.8 Å². The average Bonchev–Trinajstić information content (AvgIpc) is 2.68. The minimum Gasteiger partial charge on any atom is -0.392 e. The van der Waals surface area contributed by atoms with Gasteiger partial charge in [-0.2, -0.15) is 0 Å². The molecule has 1 N–H and O–H groups in total. The van der Waals surface area contributed by atoms with Gasteiger partial charge in [0.2, 0.25) is 0 Å². The predicted octanol–water partition coefficient (Wildman–Crippen LogP) is 4.93. The Kier molecular flexibility index (Phi) is 3.87. The van der Waals surface area contributed by atoms with E-state index in [2.05, 4.69) is 23.6 Å². The molecule has 0 aromatic carbocycles. The first kappa shape index (κ1) is 20.1. The zero-order valence-corrected chi connectivity index (χ0v) is 20.7. The normalized spacial score (nSPS) is 63.3. The summed E-state index contributed by atoms with van der Waals surface area (Å²) in [4.78, 5) is 6.00. The van der Waals surface area contributed by atoms with Crippen molar-refractivity contribution in [1.82, 2.24) is 9.80 Å². The quantitative estimate of drug-likeness (QED) is 0.662. The molecule has 10 fully saturated rings. The van der Waals surface area contributed by atoms with Gasteiger partial charge in [0.25, 0.3) is 0 Å². The van der Waals surface area contributed by atoms with E-state index in [4.69, 9.17) is 0 Å². The molecule has 178 valence electrons. The van der Waals surface area contributed by atoms with Crippen LogP contribution in [0.4, 0.5) is 0 Å². The largest absolute Gasteiger partial charge is 0.392 e. The van der Waals surface area contributed by atoms with E-state index in [1.165, 1.54) is 77.0 Å². The van der Waals surface area contributed by atoms with Crippen molar-refractivity contribution in [3.8, 4) is 0 Å². The Morgan fingerprint density at radius 3 is 1.00 bits per heavy atom. The molecular weight excluding hydrogens is 392 g/mol. The lowest BCUT2D eigenvalue weighted by Crippen LogP contribution is -2.77. The van der Waals surface area contributed by atoms with E-state index in [9.17, 15) is 5.11 Å². The summed E-state index contributed by atoms with van der Waals surface area (Å²) < 4.78 is 0. The van der Waals surface area contributed by atoms with Gasteiger partial charge in [0, 0.05) is 48.1 Å². The van der Waals surface area contributed by atoms with Crippen molar-refractivity contribution in [3.05, 3.63) is 0 Å². The monoisotopic (exact) mass is 438 g/mol. The highest BCUT2D eigenvalue weighted by Gasteiger charge is 2.64. The van der Waals surface area contributed by atoms with Crippen LogP contribution in [0, 0.1) is 46.3 Å². The van der Waals surface area contributed by atoms with Crippen molar-refractivity contribution in [1.29, 1.82) is 0 Å².